The van der Waals surface area contributed by atoms with E-state index in [0.29, 0.717) is 13.0 Å². The number of benzene rings is 1. The molecule has 2 atom stereocenters. The van der Waals surface area contributed by atoms with Crippen molar-refractivity contribution in [1.29, 1.82) is 0 Å². The van der Waals surface area contributed by atoms with Crippen molar-refractivity contribution >= 4 is 29.7 Å². The van der Waals surface area contributed by atoms with Crippen LogP contribution in [0.4, 0.5) is 10.7 Å². The molecule has 37 heavy (non-hydrogen) atoms. The number of carbonyl (C=O) groups is 4. The molecule has 0 spiro atoms. The van der Waals surface area contributed by atoms with Gasteiger partial charge in [0.05, 0.1) is 6.42 Å². The number of amides is 2. The Hall–Kier alpha value is -4.03. The highest BCUT2D eigenvalue weighted by molar-refractivity contribution is 5.91. The van der Waals surface area contributed by atoms with Gasteiger partial charge in [-0.05, 0) is 44.4 Å². The van der Waals surface area contributed by atoms with E-state index in [9.17, 15) is 19.2 Å². The molecule has 1 aromatic heterocycles. The van der Waals surface area contributed by atoms with Crippen LogP contribution < -0.4 is 15.5 Å². The molecule has 1 aliphatic heterocycles. The van der Waals surface area contributed by atoms with Crippen molar-refractivity contribution in [2.24, 2.45) is 0 Å². The van der Waals surface area contributed by atoms with E-state index in [0.717, 1.165) is 16.8 Å². The molecule has 13 nitrogen and oxygen atoms in total. The number of hydrogen-bond acceptors (Lipinski definition) is 10. The summed E-state index contributed by atoms with van der Waals surface area (Å²) in [5.41, 5.74) is 0.00162. The van der Waals surface area contributed by atoms with Gasteiger partial charge in [-0.3, -0.25) is 14.4 Å². The molecule has 3 rings (SSSR count). The summed E-state index contributed by atoms with van der Waals surface area (Å²) < 4.78 is 10.5. The van der Waals surface area contributed by atoms with Gasteiger partial charge in [-0.2, -0.15) is 4.80 Å². The van der Waals surface area contributed by atoms with Gasteiger partial charge in [0, 0.05) is 13.6 Å². The van der Waals surface area contributed by atoms with Crippen molar-refractivity contribution in [2.45, 2.75) is 70.9 Å². The first-order valence-electron chi connectivity index (χ1n) is 12.0. The van der Waals surface area contributed by atoms with Gasteiger partial charge in [0.2, 0.25) is 5.91 Å². The third kappa shape index (κ3) is 8.26. The van der Waals surface area contributed by atoms with Crippen molar-refractivity contribution in [1.82, 2.24) is 30.8 Å². The van der Waals surface area contributed by atoms with Crippen LogP contribution in [0.3, 0.4) is 0 Å². The molecule has 2 amide bonds. The molecule has 1 aliphatic rings. The largest absolute Gasteiger partial charge is 0.460 e. The maximum absolute atomic E-state index is 13.1. The van der Waals surface area contributed by atoms with E-state index in [2.05, 4.69) is 26.0 Å². The van der Waals surface area contributed by atoms with E-state index in [-0.39, 0.29) is 25.0 Å². The molecule has 2 heterocycles. The first kappa shape index (κ1) is 27.6. The highest BCUT2D eigenvalue weighted by atomic mass is 16.6. The highest BCUT2D eigenvalue weighted by Gasteiger charge is 2.33. The molecule has 2 aromatic rings. The molecule has 1 fully saturated rings. The summed E-state index contributed by atoms with van der Waals surface area (Å²) in [6, 6.07) is 7.38. The summed E-state index contributed by atoms with van der Waals surface area (Å²) >= 11 is 0. The van der Waals surface area contributed by atoms with E-state index in [1.165, 1.54) is 0 Å². The second-order valence-corrected chi connectivity index (χ2v) is 9.60. The third-order valence-corrected chi connectivity index (χ3v) is 5.48. The second-order valence-electron chi connectivity index (χ2n) is 9.60. The number of Topliss-reactive ketones (excluding diaryl/α,β-unsaturated/α-hetero) is 1. The van der Waals surface area contributed by atoms with Gasteiger partial charge in [-0.1, -0.05) is 35.4 Å². The zero-order chi connectivity index (χ0) is 27.0. The van der Waals surface area contributed by atoms with E-state index < -0.39 is 42.0 Å². The van der Waals surface area contributed by atoms with Gasteiger partial charge >= 0.3 is 12.1 Å². The SMILES string of the molecule is CNC(=O)[C@H]1CCCN1c1nnn(CC(=O)C(CC(=O)OC(C)(C)C)NC(=O)OCc2ccccc2)n1. The lowest BCUT2D eigenvalue weighted by atomic mass is 10.1. The van der Waals surface area contributed by atoms with Gasteiger partial charge in [0.1, 0.15) is 30.8 Å². The van der Waals surface area contributed by atoms with Crippen LogP contribution in [0.25, 0.3) is 0 Å². The van der Waals surface area contributed by atoms with E-state index in [1.54, 1.807) is 44.9 Å². The fourth-order valence-corrected chi connectivity index (χ4v) is 3.81. The number of esters is 1. The first-order valence-corrected chi connectivity index (χ1v) is 12.0. The van der Waals surface area contributed by atoms with Crippen molar-refractivity contribution in [2.75, 3.05) is 18.5 Å². The zero-order valence-corrected chi connectivity index (χ0v) is 21.5. The normalized spacial score (nSPS) is 16.1. The monoisotopic (exact) mass is 515 g/mol. The Morgan fingerprint density at radius 1 is 1.16 bits per heavy atom. The number of likely N-dealkylation sites (N-methyl/N-ethyl adjacent to an activating group) is 1. The smallest absolute Gasteiger partial charge is 0.408 e. The Kier molecular flexibility index (Phi) is 9.15. The molecule has 13 heteroatoms. The van der Waals surface area contributed by atoms with Gasteiger partial charge in [0.25, 0.3) is 5.95 Å². The summed E-state index contributed by atoms with van der Waals surface area (Å²) in [6.45, 7) is 5.32. The number of nitrogens with one attached hydrogen (secondary N) is 2. The number of alkyl carbamates (subject to hydrolysis) is 1. The van der Waals surface area contributed by atoms with Crippen LogP contribution in [0, 0.1) is 0 Å². The molecular formula is C24H33N7O6. The first-order chi connectivity index (χ1) is 17.6. The van der Waals surface area contributed by atoms with Crippen molar-refractivity contribution < 1.29 is 28.7 Å². The highest BCUT2D eigenvalue weighted by Crippen LogP contribution is 2.21. The van der Waals surface area contributed by atoms with Crippen molar-refractivity contribution in [3.05, 3.63) is 35.9 Å². The molecule has 0 radical (unpaired) electrons. The summed E-state index contributed by atoms with van der Waals surface area (Å²) in [5, 5.41) is 17.2. The number of tetrazole rings is 1. The lowest BCUT2D eigenvalue weighted by Crippen LogP contribution is -2.45. The minimum Gasteiger partial charge on any atom is -0.460 e. The van der Waals surface area contributed by atoms with Gasteiger partial charge in [-0.25, -0.2) is 4.79 Å². The molecule has 1 unspecified atom stereocenters. The Bertz CT molecular complexity index is 1100. The van der Waals surface area contributed by atoms with Crippen LogP contribution in [-0.4, -0.2) is 75.2 Å². The number of nitrogens with zero attached hydrogens (tertiary/aromatic N) is 5. The van der Waals surface area contributed by atoms with E-state index in [4.69, 9.17) is 9.47 Å². The number of aromatic nitrogens is 4. The minimum atomic E-state index is -1.24. The lowest BCUT2D eigenvalue weighted by Gasteiger charge is -2.22. The summed E-state index contributed by atoms with van der Waals surface area (Å²) in [6.07, 6.45) is 0.185. The standard InChI is InChI=1S/C24H33N7O6/c1-24(2,3)37-20(33)13-17(26-23(35)36-15-16-9-6-5-7-10-16)19(32)14-31-28-22(27-29-31)30-12-8-11-18(30)21(34)25-4/h5-7,9-10,17-18H,8,11-15H2,1-4H3,(H,25,34)(H,26,35)/t17?,18-/m1/s1. The minimum absolute atomic E-state index is 0.00362. The van der Waals surface area contributed by atoms with E-state index >= 15 is 0 Å². The molecule has 2 N–H and O–H groups in total. The van der Waals surface area contributed by atoms with Crippen LogP contribution in [0.1, 0.15) is 45.6 Å². The van der Waals surface area contributed by atoms with E-state index in [1.807, 2.05) is 18.2 Å². The predicted molar refractivity (Wildman–Crippen MR) is 131 cm³/mol. The van der Waals surface area contributed by atoms with Gasteiger partial charge in [0.15, 0.2) is 5.78 Å². The molecular weight excluding hydrogens is 482 g/mol. The zero-order valence-electron chi connectivity index (χ0n) is 21.5. The second kappa shape index (κ2) is 12.3. The lowest BCUT2D eigenvalue weighted by molar-refractivity contribution is -0.156. The van der Waals surface area contributed by atoms with Crippen LogP contribution in [0.5, 0.6) is 0 Å². The average molecular weight is 516 g/mol. The van der Waals surface area contributed by atoms with Crippen LogP contribution in [0.15, 0.2) is 30.3 Å². The molecule has 0 saturated carbocycles. The fourth-order valence-electron chi connectivity index (χ4n) is 3.81. The number of carbonyl (C=O) groups excluding carboxylic acids is 4. The molecule has 1 aromatic carbocycles. The third-order valence-electron chi connectivity index (χ3n) is 5.48. The topological polar surface area (TPSA) is 158 Å². The average Bonchev–Trinajstić information content (AvgIpc) is 3.51. The molecule has 1 saturated heterocycles. The van der Waals surface area contributed by atoms with Crippen molar-refractivity contribution in [3.63, 3.8) is 0 Å². The summed E-state index contributed by atoms with van der Waals surface area (Å²) in [7, 11) is 1.56. The summed E-state index contributed by atoms with van der Waals surface area (Å²) in [5.74, 6) is -1.14. The number of anilines is 1. The quantitative estimate of drug-likeness (QED) is 0.437. The Balaban J connectivity index is 1.66. The maximum Gasteiger partial charge on any atom is 0.408 e. The van der Waals surface area contributed by atoms with Crippen LogP contribution in [0.2, 0.25) is 0 Å². The van der Waals surface area contributed by atoms with Crippen molar-refractivity contribution in [3.8, 4) is 0 Å². The number of hydrogen-bond donors (Lipinski definition) is 2. The number of ether oxygens (including phenoxy) is 2. The Labute approximate surface area is 214 Å². The molecule has 0 bridgehead atoms. The molecule has 200 valence electrons. The predicted octanol–water partition coefficient (Wildman–Crippen LogP) is 0.984. The van der Waals surface area contributed by atoms with Gasteiger partial charge in [-0.15, -0.1) is 5.10 Å². The van der Waals surface area contributed by atoms with Gasteiger partial charge < -0.3 is 25.0 Å². The summed E-state index contributed by atoms with van der Waals surface area (Å²) in [4.78, 5) is 52.9. The molecule has 0 aliphatic carbocycles. The Morgan fingerprint density at radius 3 is 2.57 bits per heavy atom. The van der Waals surface area contributed by atoms with Crippen LogP contribution in [-0.2, 0) is 37.0 Å². The Morgan fingerprint density at radius 2 is 1.89 bits per heavy atom. The maximum atomic E-state index is 13.1. The fraction of sp³-hybridized carbons (Fsp3) is 0.542. The van der Waals surface area contributed by atoms with Crippen LogP contribution >= 0.6 is 0 Å². The number of rotatable bonds is 10. The number of ketones is 1.